The van der Waals surface area contributed by atoms with E-state index in [4.69, 9.17) is 4.74 Å². The first-order chi connectivity index (χ1) is 10.1. The van der Waals surface area contributed by atoms with Crippen molar-refractivity contribution in [2.75, 3.05) is 6.61 Å². The van der Waals surface area contributed by atoms with Crippen LogP contribution in [0.2, 0.25) is 0 Å². The van der Waals surface area contributed by atoms with Crippen LogP contribution in [0.4, 0.5) is 13.2 Å². The maximum atomic E-state index is 12.6. The molecule has 6 heteroatoms. The fraction of sp³-hybridized carbons (Fsp3) is 0.438. The smallest absolute Gasteiger partial charge is 0.416 e. The number of rotatable bonds is 5. The van der Waals surface area contributed by atoms with Crippen LogP contribution in [0.5, 0.6) is 0 Å². The number of allylic oxidation sites excluding steroid dienone is 1. The van der Waals surface area contributed by atoms with Gasteiger partial charge in [-0.25, -0.2) is 4.79 Å². The molecule has 1 N–H and O–H groups in total. The molecule has 0 bridgehead atoms. The number of ether oxygens (including phenoxy) is 1. The van der Waals surface area contributed by atoms with Crippen LogP contribution in [0.15, 0.2) is 35.9 Å². The molecule has 0 amide bonds. The number of halogens is 3. The first-order valence-electron chi connectivity index (χ1n) is 6.82. The molecule has 1 unspecified atom stereocenters. The molecule has 122 valence electrons. The molecule has 1 aromatic carbocycles. The van der Waals surface area contributed by atoms with Crippen LogP contribution in [0, 0.1) is 0 Å². The van der Waals surface area contributed by atoms with Gasteiger partial charge in [-0.1, -0.05) is 23.8 Å². The summed E-state index contributed by atoms with van der Waals surface area (Å²) in [5, 5.41) is 10.6. The van der Waals surface area contributed by atoms with Crippen LogP contribution >= 0.6 is 0 Å². The third-order valence-electron chi connectivity index (χ3n) is 3.11. The Bertz CT molecular complexity index is 543. The molecule has 0 heterocycles. The van der Waals surface area contributed by atoms with E-state index < -0.39 is 23.3 Å². The summed E-state index contributed by atoms with van der Waals surface area (Å²) < 4.78 is 42.6. The highest BCUT2D eigenvalue weighted by atomic mass is 19.4. The molecule has 22 heavy (non-hydrogen) atoms. The molecule has 1 aromatic rings. The number of aliphatic hydroxyl groups is 1. The zero-order valence-electron chi connectivity index (χ0n) is 12.7. The lowest BCUT2D eigenvalue weighted by atomic mass is 9.89. The number of alkyl halides is 3. The van der Waals surface area contributed by atoms with E-state index in [1.165, 1.54) is 0 Å². The molecule has 1 atom stereocenters. The van der Waals surface area contributed by atoms with Gasteiger partial charge < -0.3 is 9.84 Å². The zero-order chi connectivity index (χ0) is 17.0. The number of esters is 1. The summed E-state index contributed by atoms with van der Waals surface area (Å²) in [4.78, 5) is 12.0. The van der Waals surface area contributed by atoms with Crippen LogP contribution in [-0.4, -0.2) is 17.7 Å². The van der Waals surface area contributed by atoms with Crippen LogP contribution in [-0.2, 0) is 21.3 Å². The Morgan fingerprint density at radius 1 is 1.18 bits per heavy atom. The third-order valence-corrected chi connectivity index (χ3v) is 3.11. The van der Waals surface area contributed by atoms with Gasteiger partial charge in [-0.2, -0.15) is 13.2 Å². The van der Waals surface area contributed by atoms with Crippen LogP contribution in [0.3, 0.4) is 0 Å². The van der Waals surface area contributed by atoms with Crippen LogP contribution < -0.4 is 0 Å². The first-order valence-corrected chi connectivity index (χ1v) is 6.82. The number of hydrogen-bond acceptors (Lipinski definition) is 3. The third kappa shape index (κ3) is 4.34. The Balaban J connectivity index is 3.21. The minimum absolute atomic E-state index is 0.0661. The Labute approximate surface area is 127 Å². The Hall–Kier alpha value is -1.82. The average molecular weight is 316 g/mol. The molecule has 0 spiro atoms. The predicted octanol–water partition coefficient (Wildman–Crippen LogP) is 3.81. The minimum atomic E-state index is -4.47. The molecular weight excluding hydrogens is 297 g/mol. The summed E-state index contributed by atoms with van der Waals surface area (Å²) >= 11 is 0. The first kappa shape index (κ1) is 18.2. The number of carbonyl (C=O) groups excluding carboxylic acids is 1. The standard InChI is InChI=1S/C16H19F3O3/c1-4-22-14(20)15(21,10-9-11(2)3)12-5-7-13(8-6-12)16(17,18)19/h5-9,21H,4,10H2,1-3H3. The lowest BCUT2D eigenvalue weighted by molar-refractivity contribution is -0.166. The Morgan fingerprint density at radius 3 is 2.09 bits per heavy atom. The summed E-state index contributed by atoms with van der Waals surface area (Å²) in [5.41, 5.74) is -1.91. The highest BCUT2D eigenvalue weighted by Gasteiger charge is 2.39. The fourth-order valence-electron chi connectivity index (χ4n) is 1.86. The molecule has 0 radical (unpaired) electrons. The van der Waals surface area contributed by atoms with Crippen molar-refractivity contribution in [3.05, 3.63) is 47.0 Å². The van der Waals surface area contributed by atoms with Gasteiger partial charge in [0.1, 0.15) is 0 Å². The van der Waals surface area contributed by atoms with E-state index in [1.54, 1.807) is 26.8 Å². The van der Waals surface area contributed by atoms with Crippen molar-refractivity contribution in [1.29, 1.82) is 0 Å². The van der Waals surface area contributed by atoms with Gasteiger partial charge in [-0.15, -0.1) is 0 Å². The lowest BCUT2D eigenvalue weighted by Crippen LogP contribution is -2.37. The predicted molar refractivity (Wildman–Crippen MR) is 76.0 cm³/mol. The second-order valence-corrected chi connectivity index (χ2v) is 5.14. The van der Waals surface area contributed by atoms with E-state index in [0.717, 1.165) is 29.8 Å². The highest BCUT2D eigenvalue weighted by Crippen LogP contribution is 2.33. The SMILES string of the molecule is CCOC(=O)C(O)(CC=C(C)C)c1ccc(C(F)(F)F)cc1. The lowest BCUT2D eigenvalue weighted by Gasteiger charge is -2.25. The highest BCUT2D eigenvalue weighted by molar-refractivity contribution is 5.81. The summed E-state index contributed by atoms with van der Waals surface area (Å²) in [6, 6.07) is 3.86. The van der Waals surface area contributed by atoms with E-state index in [1.807, 2.05) is 0 Å². The van der Waals surface area contributed by atoms with Gasteiger partial charge in [0, 0.05) is 6.42 Å². The van der Waals surface area contributed by atoms with Crippen molar-refractivity contribution in [1.82, 2.24) is 0 Å². The molecular formula is C16H19F3O3. The quantitative estimate of drug-likeness (QED) is 0.664. The van der Waals surface area contributed by atoms with Crippen LogP contribution in [0.25, 0.3) is 0 Å². The monoisotopic (exact) mass is 316 g/mol. The van der Waals surface area contributed by atoms with E-state index in [0.29, 0.717) is 0 Å². The minimum Gasteiger partial charge on any atom is -0.464 e. The Morgan fingerprint density at radius 2 is 1.68 bits per heavy atom. The van der Waals surface area contributed by atoms with Crippen molar-refractivity contribution in [3.8, 4) is 0 Å². The van der Waals surface area contributed by atoms with Gasteiger partial charge in [-0.05, 0) is 38.5 Å². The largest absolute Gasteiger partial charge is 0.464 e. The second kappa shape index (κ2) is 6.96. The normalized spacial score (nSPS) is 14.1. The van der Waals surface area contributed by atoms with E-state index >= 15 is 0 Å². The molecule has 0 fully saturated rings. The van der Waals surface area contributed by atoms with Gasteiger partial charge in [0.2, 0.25) is 0 Å². The summed E-state index contributed by atoms with van der Waals surface area (Å²) in [6.45, 7) is 5.24. The fourth-order valence-corrected chi connectivity index (χ4v) is 1.86. The van der Waals surface area contributed by atoms with Crippen molar-refractivity contribution in [2.24, 2.45) is 0 Å². The summed E-state index contributed by atoms with van der Waals surface area (Å²) in [6.07, 6.45) is -2.91. The van der Waals surface area contributed by atoms with Gasteiger partial charge >= 0.3 is 12.1 Å². The maximum Gasteiger partial charge on any atom is 0.416 e. The van der Waals surface area contributed by atoms with Crippen LogP contribution in [0.1, 0.15) is 38.3 Å². The second-order valence-electron chi connectivity index (χ2n) is 5.14. The number of hydrogen-bond donors (Lipinski definition) is 1. The van der Waals surface area contributed by atoms with Gasteiger partial charge in [0.15, 0.2) is 5.60 Å². The van der Waals surface area contributed by atoms with Crippen molar-refractivity contribution in [3.63, 3.8) is 0 Å². The van der Waals surface area contributed by atoms with Gasteiger partial charge in [0.25, 0.3) is 0 Å². The van der Waals surface area contributed by atoms with Gasteiger partial charge in [-0.3, -0.25) is 0 Å². The number of benzene rings is 1. The molecule has 0 saturated heterocycles. The van der Waals surface area contributed by atoms with Crippen molar-refractivity contribution >= 4 is 5.97 Å². The molecule has 0 aliphatic heterocycles. The maximum absolute atomic E-state index is 12.6. The van der Waals surface area contributed by atoms with Gasteiger partial charge in [0.05, 0.1) is 12.2 Å². The molecule has 3 nitrogen and oxygen atoms in total. The average Bonchev–Trinajstić information content (AvgIpc) is 2.44. The van der Waals surface area contributed by atoms with E-state index in [-0.39, 0.29) is 18.6 Å². The zero-order valence-corrected chi connectivity index (χ0v) is 12.7. The molecule has 0 aliphatic carbocycles. The summed E-state index contributed by atoms with van der Waals surface area (Å²) in [5.74, 6) is -0.882. The van der Waals surface area contributed by atoms with E-state index in [9.17, 15) is 23.1 Å². The Kier molecular flexibility index (Phi) is 5.77. The topological polar surface area (TPSA) is 46.5 Å². The van der Waals surface area contributed by atoms with E-state index in [2.05, 4.69) is 0 Å². The van der Waals surface area contributed by atoms with Crippen molar-refractivity contribution in [2.45, 2.75) is 39.0 Å². The molecule has 0 saturated carbocycles. The molecule has 0 aromatic heterocycles. The van der Waals surface area contributed by atoms with Crippen molar-refractivity contribution < 1.29 is 27.8 Å². The number of carbonyl (C=O) groups is 1. The molecule has 0 aliphatic rings. The molecule has 1 rings (SSSR count). The summed E-state index contributed by atoms with van der Waals surface area (Å²) in [7, 11) is 0.